The van der Waals surface area contributed by atoms with Crippen LogP contribution in [-0.4, -0.2) is 22.5 Å². The maximum absolute atomic E-state index is 14.1. The number of nitrogens with zero attached hydrogens (tertiary/aromatic N) is 1. The van der Waals surface area contributed by atoms with Crippen LogP contribution in [0, 0.1) is 30.2 Å². The molecule has 3 aromatic carbocycles. The Labute approximate surface area is 278 Å². The molecule has 1 radical (unpaired) electrons. The molecule has 1 N–H and O–H groups in total. The molecule has 0 atom stereocenters. The van der Waals surface area contributed by atoms with E-state index in [1.54, 1.807) is 20.0 Å². The number of rotatable bonds is 10. The van der Waals surface area contributed by atoms with Gasteiger partial charge in [-0.2, -0.15) is 0 Å². The number of pyridine rings is 1. The smallest absolute Gasteiger partial charge is 0.162 e. The second kappa shape index (κ2) is 15.3. The van der Waals surface area contributed by atoms with Crippen LogP contribution in [0.15, 0.2) is 60.5 Å². The minimum Gasteiger partial charge on any atom is -0.512 e. The Balaban J connectivity index is 0.000000309. The van der Waals surface area contributed by atoms with Crippen LogP contribution in [0.1, 0.15) is 81.1 Å². The molecule has 2 heterocycles. The van der Waals surface area contributed by atoms with E-state index in [-0.39, 0.29) is 49.9 Å². The van der Waals surface area contributed by atoms with Crippen LogP contribution in [0.3, 0.4) is 0 Å². The van der Waals surface area contributed by atoms with Gasteiger partial charge in [0.25, 0.3) is 0 Å². The van der Waals surface area contributed by atoms with Crippen LogP contribution in [0.25, 0.3) is 32.8 Å². The molecular weight excluding hydrogens is 730 g/mol. The molecule has 1 aliphatic rings. The number of aromatic nitrogens is 1. The first-order chi connectivity index (χ1) is 21.3. The first kappa shape index (κ1) is 32.3. The molecule has 44 heavy (non-hydrogen) atoms. The van der Waals surface area contributed by atoms with E-state index >= 15 is 0 Å². The Morgan fingerprint density at radius 2 is 1.75 bits per heavy atom. The van der Waals surface area contributed by atoms with E-state index in [0.717, 1.165) is 75.4 Å². The van der Waals surface area contributed by atoms with Crippen LogP contribution in [0.4, 0.5) is 4.39 Å². The summed E-state index contributed by atoms with van der Waals surface area (Å²) in [7, 11) is 0. The van der Waals surface area contributed by atoms with E-state index in [1.807, 2.05) is 71.0 Å². The van der Waals surface area contributed by atoms with Crippen molar-refractivity contribution in [2.75, 3.05) is 6.63 Å². The van der Waals surface area contributed by atoms with Gasteiger partial charge < -0.3 is 9.84 Å². The number of hydrogen-bond donors (Lipinski definition) is 1. The molecule has 0 spiro atoms. The predicted octanol–water partition coefficient (Wildman–Crippen LogP) is 10.7. The molecule has 4 nitrogen and oxygen atoms in total. The summed E-state index contributed by atoms with van der Waals surface area (Å²) in [6, 6.07) is 17.3. The van der Waals surface area contributed by atoms with E-state index in [2.05, 4.69) is 17.1 Å². The van der Waals surface area contributed by atoms with Gasteiger partial charge in [0.2, 0.25) is 0 Å². The van der Waals surface area contributed by atoms with Gasteiger partial charge in [-0.1, -0.05) is 82.3 Å². The van der Waals surface area contributed by atoms with E-state index in [1.165, 1.54) is 6.08 Å². The largest absolute Gasteiger partial charge is 0.512 e. The van der Waals surface area contributed by atoms with Crippen LogP contribution in [0.2, 0.25) is 0 Å². The van der Waals surface area contributed by atoms with E-state index in [0.29, 0.717) is 5.75 Å². The second-order valence-electron chi connectivity index (χ2n) is 12.1. The second-order valence-corrected chi connectivity index (χ2v) is 12.1. The number of ether oxygens (including phenoxy) is 1. The number of fused-ring (bicyclic) bond motifs is 3. The van der Waals surface area contributed by atoms with Crippen molar-refractivity contribution in [2.45, 2.75) is 80.6 Å². The topological polar surface area (TPSA) is 59.4 Å². The van der Waals surface area contributed by atoms with Crippen LogP contribution >= 0.6 is 0 Å². The SMILES string of the molecule is CCC(CC)C(=O)/C=C(\O)C(CC)CC.[2H]C([2H])(F)C(C)(C)Cc1cc2c3c(nccc3c1)-c1[c-]c3ccccc3c(C)c1O2.[Ir]. The van der Waals surface area contributed by atoms with Crippen LogP contribution < -0.4 is 4.74 Å². The van der Waals surface area contributed by atoms with Gasteiger partial charge >= 0.3 is 0 Å². The van der Waals surface area contributed by atoms with Gasteiger partial charge in [0.05, 0.1) is 20.9 Å². The molecule has 0 fully saturated rings. The van der Waals surface area contributed by atoms with Crippen molar-refractivity contribution < 1.29 is 41.9 Å². The average Bonchev–Trinajstić information content (AvgIpc) is 2.99. The zero-order valence-corrected chi connectivity index (χ0v) is 29.2. The number of alkyl halides is 1. The van der Waals surface area contributed by atoms with Crippen molar-refractivity contribution in [3.8, 4) is 22.8 Å². The molecule has 0 saturated carbocycles. The van der Waals surface area contributed by atoms with Crippen molar-refractivity contribution >= 4 is 27.3 Å². The number of aliphatic hydroxyl groups is 1. The fourth-order valence-electron chi connectivity index (χ4n) is 5.86. The predicted molar refractivity (Wildman–Crippen MR) is 176 cm³/mol. The molecule has 6 heteroatoms. The Hall–Kier alpha value is -3.08. The number of allylic oxidation sites excluding steroid dienone is 2. The van der Waals surface area contributed by atoms with Gasteiger partial charge in [-0.15, -0.1) is 17.5 Å². The van der Waals surface area contributed by atoms with Gasteiger partial charge in [0.15, 0.2) is 5.78 Å². The third-order valence-corrected chi connectivity index (χ3v) is 8.48. The maximum Gasteiger partial charge on any atom is 0.162 e. The minimum absolute atomic E-state index is 0. The monoisotopic (exact) mass is 777 g/mol. The number of aryl methyl sites for hydroxylation is 1. The number of ketones is 1. The summed E-state index contributed by atoms with van der Waals surface area (Å²) in [5.41, 5.74) is 2.35. The molecule has 237 valence electrons. The first-order valence-corrected chi connectivity index (χ1v) is 15.4. The number of benzene rings is 3. The minimum atomic E-state index is -2.79. The molecule has 0 unspecified atom stereocenters. The summed E-state index contributed by atoms with van der Waals surface area (Å²) in [6.07, 6.45) is 6.91. The number of carbonyl (C=O) groups excluding carboxylic acids is 1. The van der Waals surface area contributed by atoms with Crippen molar-refractivity contribution in [3.05, 3.63) is 77.7 Å². The normalized spacial score (nSPS) is 13.5. The molecular formula is C38H45FIrNO3-. The van der Waals surface area contributed by atoms with Crippen molar-refractivity contribution in [1.29, 1.82) is 0 Å². The van der Waals surface area contributed by atoms with Gasteiger partial charge in [-0.05, 0) is 67.5 Å². The Morgan fingerprint density at radius 3 is 2.39 bits per heavy atom. The molecule has 1 aromatic heterocycles. The quantitative estimate of drug-likeness (QED) is 0.0872. The molecule has 0 saturated heterocycles. The fourth-order valence-corrected chi connectivity index (χ4v) is 5.86. The first-order valence-electron chi connectivity index (χ1n) is 16.4. The molecule has 4 aromatic rings. The molecule has 0 aliphatic carbocycles. The van der Waals surface area contributed by atoms with Crippen LogP contribution in [-0.2, 0) is 31.3 Å². The third-order valence-electron chi connectivity index (χ3n) is 8.48. The van der Waals surface area contributed by atoms with E-state index < -0.39 is 12.0 Å². The zero-order chi connectivity index (χ0) is 33.1. The standard InChI is InChI=1S/C25H21FNO.C13H24O2.Ir/c1-15-19-7-5-4-6-17(19)12-20-23-22-18(8-9-27-23)10-16(13-25(2,3)14-26)11-21(22)28-24(15)20;1-5-10(6-2)12(14)9-13(15)11(7-3)8-4;/h4-11H,13-14H2,1-3H3;9-11,14H,5-8H2,1-4H3;/q-1;;/b;12-9-;/i14D2;;. The van der Waals surface area contributed by atoms with Gasteiger partial charge in [0, 0.05) is 55.3 Å². The summed E-state index contributed by atoms with van der Waals surface area (Å²) < 4.78 is 35.6. The Morgan fingerprint density at radius 1 is 1.09 bits per heavy atom. The molecule has 1 aliphatic heterocycles. The summed E-state index contributed by atoms with van der Waals surface area (Å²) in [5, 5.41) is 13.7. The van der Waals surface area contributed by atoms with Gasteiger partial charge in [-0.25, -0.2) is 0 Å². The number of halogens is 1. The number of carbonyl (C=O) groups is 1. The van der Waals surface area contributed by atoms with E-state index in [9.17, 15) is 14.3 Å². The Bertz CT molecular complexity index is 1720. The molecule has 0 bridgehead atoms. The van der Waals surface area contributed by atoms with Crippen molar-refractivity contribution in [3.63, 3.8) is 0 Å². The maximum atomic E-state index is 14.1. The third kappa shape index (κ3) is 7.58. The van der Waals surface area contributed by atoms with E-state index in [4.69, 9.17) is 7.48 Å². The Kier molecular flexibility index (Phi) is 11.2. The van der Waals surface area contributed by atoms with Crippen molar-refractivity contribution in [2.24, 2.45) is 17.3 Å². The number of hydrogen-bond acceptors (Lipinski definition) is 4. The van der Waals surface area contributed by atoms with Gasteiger partial charge in [-0.3, -0.25) is 14.2 Å². The summed E-state index contributed by atoms with van der Waals surface area (Å²) in [4.78, 5) is 16.4. The van der Waals surface area contributed by atoms with Gasteiger partial charge in [0.1, 0.15) is 5.75 Å². The summed E-state index contributed by atoms with van der Waals surface area (Å²) in [5.74, 6) is 1.95. The average molecular weight is 777 g/mol. The molecule has 5 rings (SSSR count). The summed E-state index contributed by atoms with van der Waals surface area (Å²) in [6.45, 7) is 10.5. The van der Waals surface area contributed by atoms with Crippen molar-refractivity contribution in [1.82, 2.24) is 4.98 Å². The zero-order valence-electron chi connectivity index (χ0n) is 28.8. The number of aliphatic hydroxyl groups excluding tert-OH is 1. The fraction of sp³-hybridized carbons (Fsp3) is 0.421. The summed E-state index contributed by atoms with van der Waals surface area (Å²) >= 11 is 0. The van der Waals surface area contributed by atoms with Crippen LogP contribution in [0.5, 0.6) is 11.5 Å². The molecule has 0 amide bonds.